The standard InChI is InChI=1S/C8H13NO/c1-2-4-8(10)7-9-5-3-6-9/h1,8,10H,3-7H2. The Kier molecular flexibility index (Phi) is 2.73. The van der Waals surface area contributed by atoms with Gasteiger partial charge in [-0.25, -0.2) is 0 Å². The van der Waals surface area contributed by atoms with Crippen molar-refractivity contribution in [2.24, 2.45) is 0 Å². The second kappa shape index (κ2) is 3.60. The van der Waals surface area contributed by atoms with Gasteiger partial charge >= 0.3 is 0 Å². The molecule has 1 saturated heterocycles. The monoisotopic (exact) mass is 139 g/mol. The first-order chi connectivity index (χ1) is 4.83. The maximum absolute atomic E-state index is 9.20. The first-order valence-corrected chi connectivity index (χ1v) is 3.67. The predicted molar refractivity (Wildman–Crippen MR) is 40.5 cm³/mol. The van der Waals surface area contributed by atoms with E-state index in [-0.39, 0.29) is 6.10 Å². The molecule has 1 aliphatic heterocycles. The van der Waals surface area contributed by atoms with Crippen LogP contribution < -0.4 is 0 Å². The summed E-state index contributed by atoms with van der Waals surface area (Å²) in [5, 5.41) is 9.20. The zero-order valence-electron chi connectivity index (χ0n) is 6.08. The van der Waals surface area contributed by atoms with Crippen molar-refractivity contribution in [3.63, 3.8) is 0 Å². The lowest BCUT2D eigenvalue weighted by Gasteiger charge is -2.31. The van der Waals surface area contributed by atoms with E-state index in [9.17, 15) is 5.11 Å². The molecule has 1 heterocycles. The molecule has 56 valence electrons. The lowest BCUT2D eigenvalue weighted by Crippen LogP contribution is -2.42. The summed E-state index contributed by atoms with van der Waals surface area (Å²) >= 11 is 0. The van der Waals surface area contributed by atoms with E-state index in [4.69, 9.17) is 6.42 Å². The molecule has 0 aliphatic carbocycles. The highest BCUT2D eigenvalue weighted by Crippen LogP contribution is 2.06. The number of likely N-dealkylation sites (tertiary alicyclic amines) is 1. The Morgan fingerprint density at radius 3 is 2.70 bits per heavy atom. The largest absolute Gasteiger partial charge is 0.391 e. The first-order valence-electron chi connectivity index (χ1n) is 3.67. The number of nitrogens with zero attached hydrogens (tertiary/aromatic N) is 1. The van der Waals surface area contributed by atoms with Gasteiger partial charge in [0, 0.05) is 13.0 Å². The van der Waals surface area contributed by atoms with E-state index in [0.29, 0.717) is 6.42 Å². The van der Waals surface area contributed by atoms with Crippen LogP contribution in [-0.2, 0) is 0 Å². The number of aliphatic hydroxyl groups is 1. The Morgan fingerprint density at radius 2 is 2.30 bits per heavy atom. The molecular formula is C8H13NO. The Morgan fingerprint density at radius 1 is 1.60 bits per heavy atom. The second-order valence-corrected chi connectivity index (χ2v) is 2.72. The number of hydrogen-bond donors (Lipinski definition) is 1. The van der Waals surface area contributed by atoms with Gasteiger partial charge in [0.1, 0.15) is 0 Å². The molecule has 0 amide bonds. The van der Waals surface area contributed by atoms with Crippen LogP contribution in [0.5, 0.6) is 0 Å². The molecule has 0 bridgehead atoms. The van der Waals surface area contributed by atoms with E-state index in [1.165, 1.54) is 6.42 Å². The fourth-order valence-electron chi connectivity index (χ4n) is 1.06. The molecule has 1 rings (SSSR count). The van der Waals surface area contributed by atoms with Crippen LogP contribution in [0, 0.1) is 12.3 Å². The van der Waals surface area contributed by atoms with Crippen molar-refractivity contribution >= 4 is 0 Å². The quantitative estimate of drug-likeness (QED) is 0.560. The Labute approximate surface area is 61.8 Å². The molecule has 1 atom stereocenters. The number of terminal acetylenes is 1. The molecule has 2 heteroatoms. The highest BCUT2D eigenvalue weighted by Gasteiger charge is 2.16. The average Bonchev–Trinajstić information content (AvgIpc) is 1.80. The molecule has 0 radical (unpaired) electrons. The van der Waals surface area contributed by atoms with Crippen LogP contribution in [0.3, 0.4) is 0 Å². The maximum atomic E-state index is 9.20. The lowest BCUT2D eigenvalue weighted by molar-refractivity contribution is 0.0819. The summed E-state index contributed by atoms with van der Waals surface area (Å²) in [6.07, 6.45) is 6.47. The van der Waals surface area contributed by atoms with E-state index < -0.39 is 0 Å². The van der Waals surface area contributed by atoms with Crippen LogP contribution in [-0.4, -0.2) is 35.7 Å². The molecule has 1 fully saturated rings. The second-order valence-electron chi connectivity index (χ2n) is 2.72. The number of hydrogen-bond acceptors (Lipinski definition) is 2. The topological polar surface area (TPSA) is 23.5 Å². The van der Waals surface area contributed by atoms with Crippen molar-refractivity contribution < 1.29 is 5.11 Å². The lowest BCUT2D eigenvalue weighted by atomic mass is 10.1. The summed E-state index contributed by atoms with van der Waals surface area (Å²) in [5.41, 5.74) is 0. The van der Waals surface area contributed by atoms with Gasteiger partial charge in [-0.3, -0.25) is 0 Å². The van der Waals surface area contributed by atoms with Crippen molar-refractivity contribution in [3.05, 3.63) is 0 Å². The molecule has 0 saturated carbocycles. The minimum Gasteiger partial charge on any atom is -0.391 e. The minimum atomic E-state index is -0.315. The molecule has 1 aliphatic rings. The van der Waals surface area contributed by atoms with E-state index >= 15 is 0 Å². The van der Waals surface area contributed by atoms with E-state index in [2.05, 4.69) is 10.8 Å². The third-order valence-electron chi connectivity index (χ3n) is 1.77. The van der Waals surface area contributed by atoms with Crippen molar-refractivity contribution in [1.82, 2.24) is 4.90 Å². The van der Waals surface area contributed by atoms with Gasteiger partial charge in [-0.2, -0.15) is 0 Å². The normalized spacial score (nSPS) is 21.2. The Balaban J connectivity index is 2.06. The highest BCUT2D eigenvalue weighted by molar-refractivity contribution is 4.88. The van der Waals surface area contributed by atoms with E-state index in [1.807, 2.05) is 0 Å². The number of β-amino-alcohol motifs (C(OH)–C–C–N with tert-alkyl or cyclic N) is 1. The fraction of sp³-hybridized carbons (Fsp3) is 0.750. The molecule has 1 unspecified atom stereocenters. The zero-order valence-corrected chi connectivity index (χ0v) is 6.08. The van der Waals surface area contributed by atoms with E-state index in [0.717, 1.165) is 19.6 Å². The summed E-state index contributed by atoms with van der Waals surface area (Å²) in [7, 11) is 0. The van der Waals surface area contributed by atoms with Crippen LogP contribution in [0.15, 0.2) is 0 Å². The molecule has 2 nitrogen and oxygen atoms in total. The van der Waals surface area contributed by atoms with Gasteiger partial charge in [-0.15, -0.1) is 12.3 Å². The van der Waals surface area contributed by atoms with Gasteiger partial charge in [0.15, 0.2) is 0 Å². The third kappa shape index (κ3) is 2.02. The number of rotatable bonds is 3. The SMILES string of the molecule is C#CCC(O)CN1CCC1. The van der Waals surface area contributed by atoms with Crippen LogP contribution >= 0.6 is 0 Å². The van der Waals surface area contributed by atoms with Crippen LogP contribution in [0.1, 0.15) is 12.8 Å². The van der Waals surface area contributed by atoms with Gasteiger partial charge < -0.3 is 10.0 Å². The smallest absolute Gasteiger partial charge is 0.0776 e. The Bertz CT molecular complexity index is 135. The maximum Gasteiger partial charge on any atom is 0.0776 e. The molecule has 10 heavy (non-hydrogen) atoms. The fourth-order valence-corrected chi connectivity index (χ4v) is 1.06. The molecule has 1 N–H and O–H groups in total. The summed E-state index contributed by atoms with van der Waals surface area (Å²) in [6.45, 7) is 3.01. The van der Waals surface area contributed by atoms with Crippen molar-refractivity contribution in [1.29, 1.82) is 0 Å². The number of aliphatic hydroxyl groups excluding tert-OH is 1. The molecule has 0 aromatic rings. The minimum absolute atomic E-state index is 0.315. The Hall–Kier alpha value is -0.520. The van der Waals surface area contributed by atoms with Gasteiger partial charge in [-0.05, 0) is 19.5 Å². The van der Waals surface area contributed by atoms with E-state index in [1.54, 1.807) is 0 Å². The summed E-state index contributed by atoms with van der Waals surface area (Å²) in [4.78, 5) is 2.21. The van der Waals surface area contributed by atoms with Crippen molar-refractivity contribution in [3.8, 4) is 12.3 Å². The summed E-state index contributed by atoms with van der Waals surface area (Å²) < 4.78 is 0. The van der Waals surface area contributed by atoms with Gasteiger partial charge in [0.25, 0.3) is 0 Å². The first kappa shape index (κ1) is 7.59. The van der Waals surface area contributed by atoms with Crippen LogP contribution in [0.25, 0.3) is 0 Å². The summed E-state index contributed by atoms with van der Waals surface area (Å²) in [5.74, 6) is 2.44. The average molecular weight is 139 g/mol. The van der Waals surface area contributed by atoms with Crippen LogP contribution in [0.4, 0.5) is 0 Å². The molecule has 0 aromatic carbocycles. The van der Waals surface area contributed by atoms with Crippen molar-refractivity contribution in [2.45, 2.75) is 18.9 Å². The predicted octanol–water partition coefficient (Wildman–Crippen LogP) is 0.0763. The van der Waals surface area contributed by atoms with Gasteiger partial charge in [0.2, 0.25) is 0 Å². The van der Waals surface area contributed by atoms with Crippen LogP contribution in [0.2, 0.25) is 0 Å². The highest BCUT2D eigenvalue weighted by atomic mass is 16.3. The molecular weight excluding hydrogens is 126 g/mol. The molecule has 0 aromatic heterocycles. The summed E-state index contributed by atoms with van der Waals surface area (Å²) in [6, 6.07) is 0. The van der Waals surface area contributed by atoms with Gasteiger partial charge in [0.05, 0.1) is 6.10 Å². The van der Waals surface area contributed by atoms with Crippen molar-refractivity contribution in [2.75, 3.05) is 19.6 Å². The zero-order chi connectivity index (χ0) is 7.40. The molecule has 0 spiro atoms. The third-order valence-corrected chi connectivity index (χ3v) is 1.77. The van der Waals surface area contributed by atoms with Gasteiger partial charge in [-0.1, -0.05) is 0 Å².